The summed E-state index contributed by atoms with van der Waals surface area (Å²) < 4.78 is 1.88. The van der Waals surface area contributed by atoms with Gasteiger partial charge in [-0.1, -0.05) is 29.9 Å². The van der Waals surface area contributed by atoms with Crippen LogP contribution < -0.4 is 0 Å². The van der Waals surface area contributed by atoms with Crippen molar-refractivity contribution in [3.05, 3.63) is 59.0 Å². The molecule has 104 valence electrons. The molecule has 1 heterocycles. The molecule has 1 aromatic rings. The first kappa shape index (κ1) is 14.3. The lowest BCUT2D eigenvalue weighted by molar-refractivity contribution is -0.107. The summed E-state index contributed by atoms with van der Waals surface area (Å²) in [5.74, 6) is 0.0204. The third-order valence-corrected chi connectivity index (χ3v) is 3.52. The predicted octanol–water partition coefficient (Wildman–Crippen LogP) is 3.17. The van der Waals surface area contributed by atoms with Crippen LogP contribution in [0.1, 0.15) is 35.9 Å². The van der Waals surface area contributed by atoms with Gasteiger partial charge in [0.2, 0.25) is 5.78 Å². The summed E-state index contributed by atoms with van der Waals surface area (Å²) in [5.41, 5.74) is 3.60. The highest BCUT2D eigenvalue weighted by atomic mass is 16.1. The third kappa shape index (κ3) is 3.05. The molecule has 0 saturated carbocycles. The van der Waals surface area contributed by atoms with E-state index in [1.807, 2.05) is 55.0 Å². The van der Waals surface area contributed by atoms with E-state index < -0.39 is 0 Å². The summed E-state index contributed by atoms with van der Waals surface area (Å²) in [6, 6.07) is 3.75. The fourth-order valence-electron chi connectivity index (χ4n) is 2.27. The summed E-state index contributed by atoms with van der Waals surface area (Å²) in [6.45, 7) is 2.05. The molecule has 2 rings (SSSR count). The molecule has 0 atom stereocenters. The van der Waals surface area contributed by atoms with Gasteiger partial charge in [-0.2, -0.15) is 0 Å². The van der Waals surface area contributed by atoms with Crippen LogP contribution in [0.5, 0.6) is 0 Å². The molecule has 0 radical (unpaired) electrons. The number of carbonyl (C=O) groups excluding carboxylic acids is 2. The largest absolute Gasteiger partial charge is 0.345 e. The van der Waals surface area contributed by atoms with Gasteiger partial charge >= 0.3 is 0 Å². The minimum Gasteiger partial charge on any atom is -0.345 e. The van der Waals surface area contributed by atoms with Gasteiger partial charge in [-0.15, -0.1) is 0 Å². The molecule has 1 aromatic heterocycles. The Morgan fingerprint density at radius 1 is 1.35 bits per heavy atom. The first-order chi connectivity index (χ1) is 9.63. The van der Waals surface area contributed by atoms with Gasteiger partial charge in [0.05, 0.1) is 5.69 Å². The minimum absolute atomic E-state index is 0.0204. The quantitative estimate of drug-likeness (QED) is 0.608. The Kier molecular flexibility index (Phi) is 4.51. The zero-order chi connectivity index (χ0) is 14.5. The van der Waals surface area contributed by atoms with Gasteiger partial charge in [-0.3, -0.25) is 4.79 Å². The van der Waals surface area contributed by atoms with Crippen molar-refractivity contribution in [2.75, 3.05) is 0 Å². The van der Waals surface area contributed by atoms with Gasteiger partial charge < -0.3 is 9.36 Å². The van der Waals surface area contributed by atoms with E-state index in [1.54, 1.807) is 0 Å². The number of hydrogen-bond donors (Lipinski definition) is 0. The van der Waals surface area contributed by atoms with Crippen LogP contribution in [-0.2, 0) is 18.3 Å². The monoisotopic (exact) mass is 269 g/mol. The van der Waals surface area contributed by atoms with Crippen molar-refractivity contribution in [3.8, 4) is 0 Å². The molecular formula is C17H19NO2. The zero-order valence-corrected chi connectivity index (χ0v) is 11.9. The average molecular weight is 269 g/mol. The Bertz CT molecular complexity index is 615. The van der Waals surface area contributed by atoms with Crippen LogP contribution in [0.25, 0.3) is 0 Å². The van der Waals surface area contributed by atoms with Crippen molar-refractivity contribution >= 4 is 12.1 Å². The van der Waals surface area contributed by atoms with Crippen LogP contribution in [0.3, 0.4) is 0 Å². The zero-order valence-electron chi connectivity index (χ0n) is 11.9. The lowest BCUT2D eigenvalue weighted by Crippen LogP contribution is -2.09. The van der Waals surface area contributed by atoms with Crippen LogP contribution in [0, 0.1) is 0 Å². The smallest absolute Gasteiger partial charge is 0.209 e. The topological polar surface area (TPSA) is 39.1 Å². The first-order valence-electron chi connectivity index (χ1n) is 6.80. The second-order valence-electron chi connectivity index (χ2n) is 5.04. The molecule has 1 aliphatic rings. The van der Waals surface area contributed by atoms with E-state index in [0.717, 1.165) is 18.4 Å². The number of aromatic nitrogens is 1. The molecule has 0 aliphatic heterocycles. The summed E-state index contributed by atoms with van der Waals surface area (Å²) in [4.78, 5) is 23.0. The maximum absolute atomic E-state index is 12.5. The molecule has 0 saturated heterocycles. The van der Waals surface area contributed by atoms with E-state index in [9.17, 15) is 9.59 Å². The van der Waals surface area contributed by atoms with Crippen molar-refractivity contribution in [1.29, 1.82) is 0 Å². The van der Waals surface area contributed by atoms with Crippen molar-refractivity contribution < 1.29 is 9.59 Å². The molecule has 0 N–H and O–H groups in total. The second-order valence-corrected chi connectivity index (χ2v) is 5.04. The van der Waals surface area contributed by atoms with Crippen molar-refractivity contribution in [3.63, 3.8) is 0 Å². The van der Waals surface area contributed by atoms with Crippen molar-refractivity contribution in [1.82, 2.24) is 4.57 Å². The molecule has 20 heavy (non-hydrogen) atoms. The SMILES string of the molecule is CC1=CC=C(C(=O)c2ccc(CCC=O)n2C)C=CC1. The van der Waals surface area contributed by atoms with Gasteiger partial charge in [0.25, 0.3) is 0 Å². The van der Waals surface area contributed by atoms with Gasteiger partial charge in [0.1, 0.15) is 6.29 Å². The maximum atomic E-state index is 12.5. The number of nitrogens with zero attached hydrogens (tertiary/aromatic N) is 1. The van der Waals surface area contributed by atoms with Crippen LogP contribution >= 0.6 is 0 Å². The molecule has 0 aromatic carbocycles. The lowest BCUT2D eigenvalue weighted by atomic mass is 10.1. The third-order valence-electron chi connectivity index (χ3n) is 3.52. The predicted molar refractivity (Wildman–Crippen MR) is 79.7 cm³/mol. The van der Waals surface area contributed by atoms with Crippen LogP contribution in [0.2, 0.25) is 0 Å². The first-order valence-corrected chi connectivity index (χ1v) is 6.80. The van der Waals surface area contributed by atoms with E-state index >= 15 is 0 Å². The van der Waals surface area contributed by atoms with Gasteiger partial charge in [0.15, 0.2) is 0 Å². The molecule has 0 bridgehead atoms. The molecule has 1 aliphatic carbocycles. The van der Waals surface area contributed by atoms with Gasteiger partial charge in [-0.25, -0.2) is 0 Å². The van der Waals surface area contributed by atoms with Crippen molar-refractivity contribution in [2.24, 2.45) is 7.05 Å². The summed E-state index contributed by atoms with van der Waals surface area (Å²) in [6.07, 6.45) is 10.7. The standard InChI is InChI=1S/C17H19NO2/c1-13-5-3-6-14(9-8-13)17(20)16-11-10-15(18(16)2)7-4-12-19/h3,6,8-12H,4-5,7H2,1-2H3. The molecular weight excluding hydrogens is 250 g/mol. The lowest BCUT2D eigenvalue weighted by Gasteiger charge is -2.06. The Morgan fingerprint density at radius 3 is 2.90 bits per heavy atom. The van der Waals surface area contributed by atoms with E-state index in [-0.39, 0.29) is 5.78 Å². The number of hydrogen-bond acceptors (Lipinski definition) is 2. The highest BCUT2D eigenvalue weighted by molar-refractivity contribution is 6.09. The number of rotatable bonds is 5. The molecule has 3 heteroatoms. The Hall–Kier alpha value is -2.16. The fourth-order valence-corrected chi connectivity index (χ4v) is 2.27. The number of allylic oxidation sites excluding steroid dienone is 6. The number of ketones is 1. The number of aryl methyl sites for hydroxylation is 1. The number of Topliss-reactive ketones (excluding diaryl/α,β-unsaturated/α-hetero) is 1. The Labute approximate surface area is 119 Å². The second kappa shape index (κ2) is 6.33. The van der Waals surface area contributed by atoms with Gasteiger partial charge in [-0.05, 0) is 31.9 Å². The Balaban J connectivity index is 2.26. The Morgan fingerprint density at radius 2 is 2.15 bits per heavy atom. The molecule has 0 fully saturated rings. The summed E-state index contributed by atoms with van der Waals surface area (Å²) in [7, 11) is 1.87. The highest BCUT2D eigenvalue weighted by Gasteiger charge is 2.15. The average Bonchev–Trinajstić information content (AvgIpc) is 2.66. The number of aldehydes is 1. The molecule has 0 unspecified atom stereocenters. The van der Waals surface area contributed by atoms with E-state index in [4.69, 9.17) is 0 Å². The summed E-state index contributed by atoms with van der Waals surface area (Å²) in [5, 5.41) is 0. The van der Waals surface area contributed by atoms with E-state index in [1.165, 1.54) is 5.57 Å². The minimum atomic E-state index is 0.0204. The highest BCUT2D eigenvalue weighted by Crippen LogP contribution is 2.17. The normalized spacial score (nSPS) is 14.5. The van der Waals surface area contributed by atoms with Crippen LogP contribution in [-0.4, -0.2) is 16.6 Å². The van der Waals surface area contributed by atoms with E-state index in [2.05, 4.69) is 0 Å². The summed E-state index contributed by atoms with van der Waals surface area (Å²) >= 11 is 0. The molecule has 0 spiro atoms. The van der Waals surface area contributed by atoms with Gasteiger partial charge in [0, 0.05) is 24.7 Å². The fraction of sp³-hybridized carbons (Fsp3) is 0.294. The molecule has 0 amide bonds. The maximum Gasteiger partial charge on any atom is 0.209 e. The van der Waals surface area contributed by atoms with E-state index in [0.29, 0.717) is 24.1 Å². The van der Waals surface area contributed by atoms with Crippen LogP contribution in [0.15, 0.2) is 47.6 Å². The molecule has 3 nitrogen and oxygen atoms in total. The number of carbonyl (C=O) groups is 2. The van der Waals surface area contributed by atoms with Crippen molar-refractivity contribution in [2.45, 2.75) is 26.2 Å². The van der Waals surface area contributed by atoms with Crippen LogP contribution in [0.4, 0.5) is 0 Å².